The first kappa shape index (κ1) is 10.6. The number of hydrogen-bond acceptors (Lipinski definition) is 4. The fourth-order valence-electron chi connectivity index (χ4n) is 0.903. The van der Waals surface area contributed by atoms with E-state index < -0.39 is 0 Å². The van der Waals surface area contributed by atoms with Gasteiger partial charge in [-0.25, -0.2) is 0 Å². The van der Waals surface area contributed by atoms with E-state index >= 15 is 0 Å². The van der Waals surface area contributed by atoms with E-state index in [4.69, 9.17) is 11.0 Å². The molecular weight excluding hydrogens is 194 g/mol. The monoisotopic (exact) mass is 205 g/mol. The maximum Gasteiger partial charge on any atom is 0.0670 e. The molecule has 0 aromatic carbocycles. The van der Waals surface area contributed by atoms with Crippen molar-refractivity contribution in [3.8, 4) is 6.07 Å². The van der Waals surface area contributed by atoms with Crippen LogP contribution in [0.4, 0.5) is 0 Å². The predicted octanol–water partition coefficient (Wildman–Crippen LogP) is 1.81. The van der Waals surface area contributed by atoms with Crippen LogP contribution in [0, 0.1) is 11.3 Å². The summed E-state index contributed by atoms with van der Waals surface area (Å²) in [7, 11) is 0. The standard InChI is InChI=1S/C10H11N3S/c1-8(12)14-7-10-3-2-9(4-5-11)6-13-10/h2-3,6H,1,4,7,12H2. The average Bonchev–Trinajstić information content (AvgIpc) is 2.17. The fourth-order valence-corrected chi connectivity index (χ4v) is 1.41. The Kier molecular flexibility index (Phi) is 4.02. The molecule has 14 heavy (non-hydrogen) atoms. The first-order chi connectivity index (χ1) is 6.72. The molecule has 0 saturated heterocycles. The van der Waals surface area contributed by atoms with Crippen molar-refractivity contribution >= 4 is 11.8 Å². The van der Waals surface area contributed by atoms with Crippen LogP contribution in [-0.2, 0) is 12.2 Å². The van der Waals surface area contributed by atoms with Gasteiger partial charge in [0.2, 0.25) is 0 Å². The second-order valence-electron chi connectivity index (χ2n) is 2.75. The lowest BCUT2D eigenvalue weighted by molar-refractivity contribution is 1.12. The quantitative estimate of drug-likeness (QED) is 0.814. The summed E-state index contributed by atoms with van der Waals surface area (Å²) in [4.78, 5) is 4.20. The van der Waals surface area contributed by atoms with Crippen LogP contribution in [0.5, 0.6) is 0 Å². The van der Waals surface area contributed by atoms with Crippen LogP contribution >= 0.6 is 11.8 Å². The molecular formula is C10H11N3S. The van der Waals surface area contributed by atoms with E-state index in [9.17, 15) is 0 Å². The lowest BCUT2D eigenvalue weighted by Crippen LogP contribution is -1.93. The smallest absolute Gasteiger partial charge is 0.0670 e. The van der Waals surface area contributed by atoms with Gasteiger partial charge in [0.25, 0.3) is 0 Å². The molecule has 2 N–H and O–H groups in total. The molecule has 0 unspecified atom stereocenters. The van der Waals surface area contributed by atoms with Crippen molar-refractivity contribution in [1.82, 2.24) is 4.98 Å². The van der Waals surface area contributed by atoms with E-state index in [1.54, 1.807) is 6.20 Å². The molecule has 0 bridgehead atoms. The van der Waals surface area contributed by atoms with Crippen molar-refractivity contribution in [3.05, 3.63) is 41.2 Å². The zero-order valence-electron chi connectivity index (χ0n) is 7.73. The van der Waals surface area contributed by atoms with Crippen LogP contribution in [0.1, 0.15) is 11.3 Å². The summed E-state index contributed by atoms with van der Waals surface area (Å²) in [5.74, 6) is 0.724. The molecule has 0 spiro atoms. The van der Waals surface area contributed by atoms with E-state index in [-0.39, 0.29) is 0 Å². The third-order valence-electron chi connectivity index (χ3n) is 1.57. The van der Waals surface area contributed by atoms with Crippen LogP contribution in [0.15, 0.2) is 29.9 Å². The van der Waals surface area contributed by atoms with Crippen molar-refractivity contribution in [2.24, 2.45) is 5.73 Å². The molecule has 1 heterocycles. The zero-order valence-corrected chi connectivity index (χ0v) is 8.55. The first-order valence-corrected chi connectivity index (χ1v) is 5.09. The Morgan fingerprint density at radius 2 is 2.43 bits per heavy atom. The van der Waals surface area contributed by atoms with Crippen LogP contribution in [-0.4, -0.2) is 4.98 Å². The lowest BCUT2D eigenvalue weighted by atomic mass is 10.2. The number of rotatable bonds is 4. The number of pyridine rings is 1. The number of aromatic nitrogens is 1. The Morgan fingerprint density at radius 3 is 2.93 bits per heavy atom. The van der Waals surface area contributed by atoms with Gasteiger partial charge >= 0.3 is 0 Å². The largest absolute Gasteiger partial charge is 0.394 e. The van der Waals surface area contributed by atoms with Gasteiger partial charge in [0.05, 0.1) is 23.2 Å². The summed E-state index contributed by atoms with van der Waals surface area (Å²) in [6.07, 6.45) is 2.13. The predicted molar refractivity (Wildman–Crippen MR) is 58.2 cm³/mol. The van der Waals surface area contributed by atoms with E-state index in [1.807, 2.05) is 12.1 Å². The summed E-state index contributed by atoms with van der Waals surface area (Å²) in [6.45, 7) is 3.59. The van der Waals surface area contributed by atoms with Crippen LogP contribution in [0.3, 0.4) is 0 Å². The molecule has 0 saturated carbocycles. The van der Waals surface area contributed by atoms with Crippen LogP contribution in [0.25, 0.3) is 0 Å². The van der Waals surface area contributed by atoms with Gasteiger partial charge in [0.1, 0.15) is 0 Å². The molecule has 1 aromatic heterocycles. The Balaban J connectivity index is 2.56. The van der Waals surface area contributed by atoms with Crippen molar-refractivity contribution in [2.75, 3.05) is 0 Å². The lowest BCUT2D eigenvalue weighted by Gasteiger charge is -2.00. The van der Waals surface area contributed by atoms with Crippen molar-refractivity contribution < 1.29 is 0 Å². The molecule has 1 rings (SSSR count). The average molecular weight is 205 g/mol. The zero-order chi connectivity index (χ0) is 10.4. The molecule has 0 atom stereocenters. The van der Waals surface area contributed by atoms with E-state index in [2.05, 4.69) is 17.6 Å². The highest BCUT2D eigenvalue weighted by Gasteiger charge is 1.96. The SMILES string of the molecule is C=C(N)SCc1ccc(CC#N)cn1. The van der Waals surface area contributed by atoms with Crippen LogP contribution in [0.2, 0.25) is 0 Å². The fraction of sp³-hybridized carbons (Fsp3) is 0.200. The van der Waals surface area contributed by atoms with Gasteiger partial charge < -0.3 is 5.73 Å². The summed E-state index contributed by atoms with van der Waals surface area (Å²) in [5.41, 5.74) is 7.30. The Morgan fingerprint density at radius 1 is 1.64 bits per heavy atom. The molecule has 72 valence electrons. The topological polar surface area (TPSA) is 62.7 Å². The minimum absolute atomic E-state index is 0.407. The molecule has 0 aliphatic rings. The van der Waals surface area contributed by atoms with Gasteiger partial charge in [0, 0.05) is 11.9 Å². The number of thioether (sulfide) groups is 1. The van der Waals surface area contributed by atoms with Gasteiger partial charge in [-0.05, 0) is 11.6 Å². The minimum atomic E-state index is 0.407. The third kappa shape index (κ3) is 3.50. The number of nitrogens with zero attached hydrogens (tertiary/aromatic N) is 2. The van der Waals surface area contributed by atoms with Crippen molar-refractivity contribution in [1.29, 1.82) is 5.26 Å². The second-order valence-corrected chi connectivity index (χ2v) is 3.85. The number of nitriles is 1. The maximum absolute atomic E-state index is 8.46. The molecule has 0 radical (unpaired) electrons. The normalized spacial score (nSPS) is 9.36. The molecule has 0 aliphatic heterocycles. The van der Waals surface area contributed by atoms with Gasteiger partial charge in [-0.3, -0.25) is 4.98 Å². The molecule has 1 aromatic rings. The highest BCUT2D eigenvalue weighted by Crippen LogP contribution is 2.14. The summed E-state index contributed by atoms with van der Waals surface area (Å²) >= 11 is 1.46. The maximum atomic E-state index is 8.46. The second kappa shape index (κ2) is 5.30. The minimum Gasteiger partial charge on any atom is -0.394 e. The number of nitrogens with two attached hydrogens (primary N) is 1. The Bertz CT molecular complexity index is 351. The van der Waals surface area contributed by atoms with Gasteiger partial charge in [-0.1, -0.05) is 12.6 Å². The summed E-state index contributed by atoms with van der Waals surface area (Å²) in [5, 5.41) is 9.05. The van der Waals surface area contributed by atoms with Crippen LogP contribution < -0.4 is 5.73 Å². The van der Waals surface area contributed by atoms with E-state index in [0.717, 1.165) is 17.0 Å². The third-order valence-corrected chi connectivity index (χ3v) is 2.39. The molecule has 0 aliphatic carbocycles. The highest BCUT2D eigenvalue weighted by molar-refractivity contribution is 8.02. The van der Waals surface area contributed by atoms with Crippen molar-refractivity contribution in [2.45, 2.75) is 12.2 Å². The van der Waals surface area contributed by atoms with Gasteiger partial charge in [-0.15, -0.1) is 11.8 Å². The summed E-state index contributed by atoms with van der Waals surface area (Å²) in [6, 6.07) is 5.89. The first-order valence-electron chi connectivity index (χ1n) is 4.10. The van der Waals surface area contributed by atoms with Gasteiger partial charge in [-0.2, -0.15) is 5.26 Å². The van der Waals surface area contributed by atoms with E-state index in [1.165, 1.54) is 11.8 Å². The Hall–Kier alpha value is -1.47. The van der Waals surface area contributed by atoms with E-state index in [0.29, 0.717) is 11.4 Å². The summed E-state index contributed by atoms with van der Waals surface area (Å²) < 4.78 is 0. The molecule has 0 amide bonds. The molecule has 3 nitrogen and oxygen atoms in total. The van der Waals surface area contributed by atoms with Gasteiger partial charge in [0.15, 0.2) is 0 Å². The number of hydrogen-bond donors (Lipinski definition) is 1. The van der Waals surface area contributed by atoms with Crippen molar-refractivity contribution in [3.63, 3.8) is 0 Å². The highest BCUT2D eigenvalue weighted by atomic mass is 32.2. The Labute approximate surface area is 87.6 Å². The molecule has 4 heteroatoms. The molecule has 0 fully saturated rings.